The molecule has 0 aromatic carbocycles. The number of aromatic nitrogens is 1. The molecule has 0 radical (unpaired) electrons. The number of rotatable bonds is 6. The fourth-order valence-electron chi connectivity index (χ4n) is 1.52. The van der Waals surface area contributed by atoms with Gasteiger partial charge in [0.15, 0.2) is 0 Å². The molecule has 0 aliphatic heterocycles. The van der Waals surface area contributed by atoms with Gasteiger partial charge in [0.1, 0.15) is 4.88 Å². The average molecular weight is 277 g/mol. The maximum Gasteiger partial charge on any atom is 0.263 e. The first-order valence-corrected chi connectivity index (χ1v) is 6.73. The zero-order valence-electron chi connectivity index (χ0n) is 10.2. The van der Waals surface area contributed by atoms with Crippen LogP contribution in [0, 0.1) is 13.8 Å². The highest BCUT2D eigenvalue weighted by Gasteiger charge is 2.17. The van der Waals surface area contributed by atoms with Gasteiger partial charge in [-0.05, 0) is 20.3 Å². The Labute approximate surface area is 110 Å². The van der Waals surface area contributed by atoms with Crippen LogP contribution in [0.2, 0.25) is 0 Å². The summed E-state index contributed by atoms with van der Waals surface area (Å²) in [6, 6.07) is -0.0493. The summed E-state index contributed by atoms with van der Waals surface area (Å²) in [5.41, 5.74) is 0.770. The van der Waals surface area contributed by atoms with E-state index in [9.17, 15) is 4.79 Å². The second kappa shape index (κ2) is 6.93. The molecule has 0 fully saturated rings. The van der Waals surface area contributed by atoms with E-state index in [-0.39, 0.29) is 11.9 Å². The molecule has 1 rings (SSSR count). The van der Waals surface area contributed by atoms with Crippen molar-refractivity contribution in [3.05, 3.63) is 15.6 Å². The van der Waals surface area contributed by atoms with E-state index >= 15 is 0 Å². The molecule has 1 heterocycles. The summed E-state index contributed by atoms with van der Waals surface area (Å²) >= 11 is 7.08. The molecule has 6 heteroatoms. The second-order valence-corrected chi connectivity index (χ2v) is 5.33. The first-order chi connectivity index (χ1) is 8.08. The molecule has 0 aliphatic carbocycles. The zero-order chi connectivity index (χ0) is 12.8. The van der Waals surface area contributed by atoms with E-state index in [0.29, 0.717) is 23.8 Å². The molecule has 0 bridgehead atoms. The van der Waals surface area contributed by atoms with Crippen molar-refractivity contribution in [2.45, 2.75) is 26.3 Å². The molecule has 1 aromatic rings. The number of aryl methyl sites for hydroxylation is 2. The number of amides is 1. The molecule has 1 N–H and O–H groups in total. The molecule has 1 unspecified atom stereocenters. The maximum atomic E-state index is 12.0. The number of methoxy groups -OCH3 is 1. The van der Waals surface area contributed by atoms with Gasteiger partial charge in [-0.2, -0.15) is 0 Å². The second-order valence-electron chi connectivity index (χ2n) is 3.75. The SMILES string of the molecule is COCC(CCCl)NC(=O)c1sc(C)nc1C. The monoisotopic (exact) mass is 276 g/mol. The molecule has 0 spiro atoms. The number of alkyl halides is 1. The van der Waals surface area contributed by atoms with Gasteiger partial charge in [-0.3, -0.25) is 4.79 Å². The molecule has 1 atom stereocenters. The summed E-state index contributed by atoms with van der Waals surface area (Å²) in [5, 5.41) is 3.81. The molecule has 4 nitrogen and oxygen atoms in total. The van der Waals surface area contributed by atoms with Crippen LogP contribution >= 0.6 is 22.9 Å². The van der Waals surface area contributed by atoms with Crippen LogP contribution in [0.4, 0.5) is 0 Å². The Kier molecular flexibility index (Phi) is 5.88. The van der Waals surface area contributed by atoms with Crippen LogP contribution < -0.4 is 5.32 Å². The lowest BCUT2D eigenvalue weighted by atomic mass is 10.2. The summed E-state index contributed by atoms with van der Waals surface area (Å²) in [6.07, 6.45) is 0.692. The van der Waals surface area contributed by atoms with Crippen molar-refractivity contribution in [2.24, 2.45) is 0 Å². The Morgan fingerprint density at radius 1 is 1.59 bits per heavy atom. The molecular formula is C11H17ClN2O2S. The van der Waals surface area contributed by atoms with E-state index in [1.54, 1.807) is 7.11 Å². The molecule has 17 heavy (non-hydrogen) atoms. The topological polar surface area (TPSA) is 51.2 Å². The number of carbonyl (C=O) groups is 1. The fourth-order valence-corrected chi connectivity index (χ4v) is 2.61. The third-order valence-electron chi connectivity index (χ3n) is 2.27. The Morgan fingerprint density at radius 3 is 2.76 bits per heavy atom. The molecule has 0 saturated heterocycles. The lowest BCUT2D eigenvalue weighted by Crippen LogP contribution is -2.38. The number of ether oxygens (including phenoxy) is 1. The summed E-state index contributed by atoms with van der Waals surface area (Å²) in [6.45, 7) is 4.19. The van der Waals surface area contributed by atoms with Crippen molar-refractivity contribution >= 4 is 28.8 Å². The minimum absolute atomic E-state index is 0.0493. The Morgan fingerprint density at radius 2 is 2.29 bits per heavy atom. The number of nitrogens with one attached hydrogen (secondary N) is 1. The van der Waals surface area contributed by atoms with Crippen LogP contribution in [0.25, 0.3) is 0 Å². The number of hydrogen-bond donors (Lipinski definition) is 1. The third-order valence-corrected chi connectivity index (χ3v) is 3.56. The Balaban J connectivity index is 2.66. The van der Waals surface area contributed by atoms with Gasteiger partial charge in [0, 0.05) is 13.0 Å². The zero-order valence-corrected chi connectivity index (χ0v) is 11.8. The standard InChI is InChI=1S/C11H17ClN2O2S/c1-7-10(17-8(2)13-7)11(15)14-9(4-5-12)6-16-3/h9H,4-6H2,1-3H3,(H,14,15). The van der Waals surface area contributed by atoms with Crippen LogP contribution in [-0.4, -0.2) is 36.5 Å². The quantitative estimate of drug-likeness (QED) is 0.810. The van der Waals surface area contributed by atoms with E-state index < -0.39 is 0 Å². The van der Waals surface area contributed by atoms with E-state index in [1.807, 2.05) is 13.8 Å². The van der Waals surface area contributed by atoms with E-state index in [1.165, 1.54) is 11.3 Å². The van der Waals surface area contributed by atoms with Crippen molar-refractivity contribution in [3.8, 4) is 0 Å². The highest BCUT2D eigenvalue weighted by molar-refractivity contribution is 7.13. The number of carbonyl (C=O) groups excluding carboxylic acids is 1. The van der Waals surface area contributed by atoms with Crippen molar-refractivity contribution in [1.82, 2.24) is 10.3 Å². The number of nitrogens with zero attached hydrogens (tertiary/aromatic N) is 1. The number of halogens is 1. The van der Waals surface area contributed by atoms with Crippen LogP contribution in [0.1, 0.15) is 26.8 Å². The molecule has 96 valence electrons. The van der Waals surface area contributed by atoms with Gasteiger partial charge in [-0.1, -0.05) is 0 Å². The van der Waals surface area contributed by atoms with Gasteiger partial charge in [0.05, 0.1) is 23.4 Å². The lowest BCUT2D eigenvalue weighted by molar-refractivity contribution is 0.0898. The first kappa shape index (κ1) is 14.4. The average Bonchev–Trinajstić information content (AvgIpc) is 2.58. The van der Waals surface area contributed by atoms with E-state index in [0.717, 1.165) is 10.7 Å². The summed E-state index contributed by atoms with van der Waals surface area (Å²) < 4.78 is 5.04. The van der Waals surface area contributed by atoms with Gasteiger partial charge in [0.25, 0.3) is 5.91 Å². The van der Waals surface area contributed by atoms with Crippen LogP contribution in [-0.2, 0) is 4.74 Å². The van der Waals surface area contributed by atoms with Crippen molar-refractivity contribution in [2.75, 3.05) is 19.6 Å². The molecule has 0 aliphatic rings. The predicted octanol–water partition coefficient (Wildman–Crippen LogP) is 2.13. The highest BCUT2D eigenvalue weighted by atomic mass is 35.5. The van der Waals surface area contributed by atoms with Crippen molar-refractivity contribution in [1.29, 1.82) is 0 Å². The smallest absolute Gasteiger partial charge is 0.263 e. The molecule has 1 aromatic heterocycles. The highest BCUT2D eigenvalue weighted by Crippen LogP contribution is 2.17. The number of hydrogen-bond acceptors (Lipinski definition) is 4. The predicted molar refractivity (Wildman–Crippen MR) is 70.1 cm³/mol. The minimum atomic E-state index is -0.0970. The van der Waals surface area contributed by atoms with Gasteiger partial charge in [0.2, 0.25) is 0 Å². The van der Waals surface area contributed by atoms with Crippen molar-refractivity contribution < 1.29 is 9.53 Å². The van der Waals surface area contributed by atoms with Crippen molar-refractivity contribution in [3.63, 3.8) is 0 Å². The van der Waals surface area contributed by atoms with Gasteiger partial charge < -0.3 is 10.1 Å². The van der Waals surface area contributed by atoms with Gasteiger partial charge in [-0.25, -0.2) is 4.98 Å². The lowest BCUT2D eigenvalue weighted by Gasteiger charge is -2.16. The largest absolute Gasteiger partial charge is 0.383 e. The molecule has 0 saturated carbocycles. The van der Waals surface area contributed by atoms with Crippen LogP contribution in [0.3, 0.4) is 0 Å². The summed E-state index contributed by atoms with van der Waals surface area (Å²) in [7, 11) is 1.61. The Hall–Kier alpha value is -0.650. The van der Waals surface area contributed by atoms with Gasteiger partial charge in [-0.15, -0.1) is 22.9 Å². The summed E-state index contributed by atoms with van der Waals surface area (Å²) in [4.78, 5) is 16.9. The fraction of sp³-hybridized carbons (Fsp3) is 0.636. The van der Waals surface area contributed by atoms with Crippen LogP contribution in [0.5, 0.6) is 0 Å². The van der Waals surface area contributed by atoms with Crippen LogP contribution in [0.15, 0.2) is 0 Å². The summed E-state index contributed by atoms with van der Waals surface area (Å²) in [5.74, 6) is 0.398. The number of thiazole rings is 1. The van der Waals surface area contributed by atoms with E-state index in [4.69, 9.17) is 16.3 Å². The third kappa shape index (κ3) is 4.26. The maximum absolute atomic E-state index is 12.0. The molecule has 1 amide bonds. The first-order valence-electron chi connectivity index (χ1n) is 5.38. The molecular weight excluding hydrogens is 260 g/mol. The Bertz CT molecular complexity index is 376. The normalized spacial score (nSPS) is 12.5. The minimum Gasteiger partial charge on any atom is -0.383 e. The van der Waals surface area contributed by atoms with E-state index in [2.05, 4.69) is 10.3 Å². The van der Waals surface area contributed by atoms with Gasteiger partial charge >= 0.3 is 0 Å².